The highest BCUT2D eigenvalue weighted by atomic mass is 16.4. The zero-order chi connectivity index (χ0) is 23.7. The van der Waals surface area contributed by atoms with Gasteiger partial charge in [0.05, 0.1) is 6.42 Å². The smallest absolute Gasteiger partial charge is 0.308 e. The molecule has 0 aromatic carbocycles. The minimum absolute atomic E-state index is 0.0903. The number of aromatic nitrogens is 1. The SMILES string of the molecule is C=C(C)[C@@]1(CC/C(C)=C/CCCc2ccc(CC(=O)O)c[n+]2C[C@@H](C)CC)CCC[C@H]1C. The molecule has 0 aliphatic heterocycles. The number of carboxylic acid groups (broad SMARTS) is 1. The summed E-state index contributed by atoms with van der Waals surface area (Å²) in [5.41, 5.74) is 5.44. The van der Waals surface area contributed by atoms with Crippen LogP contribution in [0.5, 0.6) is 0 Å². The van der Waals surface area contributed by atoms with Crippen molar-refractivity contribution in [3.8, 4) is 0 Å². The maximum Gasteiger partial charge on any atom is 0.308 e. The fourth-order valence-corrected chi connectivity index (χ4v) is 5.39. The highest BCUT2D eigenvalue weighted by molar-refractivity contribution is 5.69. The number of unbranched alkanes of at least 4 members (excludes halogenated alkanes) is 1. The van der Waals surface area contributed by atoms with Gasteiger partial charge in [0.1, 0.15) is 0 Å². The average molecular weight is 441 g/mol. The molecule has 0 saturated heterocycles. The Hall–Kier alpha value is -1.90. The third-order valence-corrected chi connectivity index (χ3v) is 7.89. The normalized spacial score (nSPS) is 22.2. The van der Waals surface area contributed by atoms with Gasteiger partial charge in [0.15, 0.2) is 18.4 Å². The number of aryl methyl sites for hydroxylation is 1. The van der Waals surface area contributed by atoms with Crippen molar-refractivity contribution in [3.05, 3.63) is 53.4 Å². The Kier molecular flexibility index (Phi) is 10.2. The van der Waals surface area contributed by atoms with Crippen LogP contribution in [0.1, 0.15) is 97.2 Å². The number of allylic oxidation sites excluding steroid dienone is 3. The van der Waals surface area contributed by atoms with E-state index in [4.69, 9.17) is 5.11 Å². The van der Waals surface area contributed by atoms with Crippen LogP contribution in [-0.4, -0.2) is 11.1 Å². The van der Waals surface area contributed by atoms with E-state index in [0.29, 0.717) is 11.3 Å². The van der Waals surface area contributed by atoms with Gasteiger partial charge in [-0.2, -0.15) is 0 Å². The lowest BCUT2D eigenvalue weighted by Gasteiger charge is -2.35. The molecule has 1 aliphatic carbocycles. The van der Waals surface area contributed by atoms with E-state index < -0.39 is 5.97 Å². The van der Waals surface area contributed by atoms with E-state index >= 15 is 0 Å². The van der Waals surface area contributed by atoms with E-state index in [0.717, 1.165) is 43.7 Å². The van der Waals surface area contributed by atoms with Crippen LogP contribution in [0.15, 0.2) is 42.1 Å². The number of carbonyl (C=O) groups is 1. The van der Waals surface area contributed by atoms with Crippen molar-refractivity contribution in [2.75, 3.05) is 0 Å². The summed E-state index contributed by atoms with van der Waals surface area (Å²) in [5.74, 6) is 0.575. The molecule has 32 heavy (non-hydrogen) atoms. The topological polar surface area (TPSA) is 41.2 Å². The zero-order valence-corrected chi connectivity index (χ0v) is 21.3. The highest BCUT2D eigenvalue weighted by Gasteiger charge is 2.40. The summed E-state index contributed by atoms with van der Waals surface area (Å²) in [6, 6.07) is 4.12. The van der Waals surface area contributed by atoms with Gasteiger partial charge < -0.3 is 5.11 Å². The van der Waals surface area contributed by atoms with E-state index in [1.54, 1.807) is 0 Å². The van der Waals surface area contributed by atoms with Crippen molar-refractivity contribution in [3.63, 3.8) is 0 Å². The maximum atomic E-state index is 11.1. The second-order valence-electron chi connectivity index (χ2n) is 10.4. The second-order valence-corrected chi connectivity index (χ2v) is 10.4. The molecule has 2 rings (SSSR count). The molecule has 0 radical (unpaired) electrons. The van der Waals surface area contributed by atoms with Crippen LogP contribution in [0.4, 0.5) is 0 Å². The average Bonchev–Trinajstić information content (AvgIpc) is 3.12. The lowest BCUT2D eigenvalue weighted by atomic mass is 9.70. The van der Waals surface area contributed by atoms with Crippen LogP contribution in [0.2, 0.25) is 0 Å². The number of hydrogen-bond donors (Lipinski definition) is 1. The molecule has 3 atom stereocenters. The summed E-state index contributed by atoms with van der Waals surface area (Å²) in [6.07, 6.45) is 15.4. The summed E-state index contributed by atoms with van der Waals surface area (Å²) >= 11 is 0. The van der Waals surface area contributed by atoms with Crippen LogP contribution in [0, 0.1) is 17.3 Å². The summed E-state index contributed by atoms with van der Waals surface area (Å²) < 4.78 is 2.29. The second kappa shape index (κ2) is 12.4. The molecule has 0 spiro atoms. The zero-order valence-electron chi connectivity index (χ0n) is 21.3. The van der Waals surface area contributed by atoms with E-state index in [-0.39, 0.29) is 6.42 Å². The van der Waals surface area contributed by atoms with Crippen molar-refractivity contribution in [2.24, 2.45) is 17.3 Å². The third-order valence-electron chi connectivity index (χ3n) is 7.89. The van der Waals surface area contributed by atoms with Crippen molar-refractivity contribution in [1.29, 1.82) is 0 Å². The molecule has 3 nitrogen and oxygen atoms in total. The molecule has 1 N–H and O–H groups in total. The molecule has 0 unspecified atom stereocenters. The van der Waals surface area contributed by atoms with Crippen LogP contribution >= 0.6 is 0 Å². The van der Waals surface area contributed by atoms with E-state index in [9.17, 15) is 4.79 Å². The Labute approximate surface area is 196 Å². The first-order valence-electron chi connectivity index (χ1n) is 12.7. The van der Waals surface area contributed by atoms with Crippen LogP contribution < -0.4 is 4.57 Å². The lowest BCUT2D eigenvalue weighted by molar-refractivity contribution is -0.710. The van der Waals surface area contributed by atoms with Crippen molar-refractivity contribution >= 4 is 5.97 Å². The predicted molar refractivity (Wildman–Crippen MR) is 134 cm³/mol. The number of rotatable bonds is 13. The third kappa shape index (κ3) is 7.32. The monoisotopic (exact) mass is 440 g/mol. The molecule has 1 saturated carbocycles. The lowest BCUT2D eigenvalue weighted by Crippen LogP contribution is -2.41. The van der Waals surface area contributed by atoms with Crippen molar-refractivity contribution < 1.29 is 14.5 Å². The largest absolute Gasteiger partial charge is 0.481 e. The minimum Gasteiger partial charge on any atom is -0.481 e. The Balaban J connectivity index is 1.93. The minimum atomic E-state index is -0.770. The Bertz CT molecular complexity index is 809. The maximum absolute atomic E-state index is 11.1. The van der Waals surface area contributed by atoms with Gasteiger partial charge in [0.25, 0.3) is 0 Å². The fraction of sp³-hybridized carbons (Fsp3) is 0.655. The van der Waals surface area contributed by atoms with E-state index in [1.165, 1.54) is 48.9 Å². The number of carboxylic acids is 1. The first-order valence-corrected chi connectivity index (χ1v) is 12.7. The fourth-order valence-electron chi connectivity index (χ4n) is 5.39. The Morgan fingerprint density at radius 2 is 2.12 bits per heavy atom. The molecule has 0 bridgehead atoms. The summed E-state index contributed by atoms with van der Waals surface area (Å²) in [7, 11) is 0. The molecule has 1 aromatic rings. The molecule has 1 aromatic heterocycles. The number of hydrogen-bond acceptors (Lipinski definition) is 1. The number of pyridine rings is 1. The molecular formula is C29H46NO2+. The van der Waals surface area contributed by atoms with Gasteiger partial charge in [-0.1, -0.05) is 51.0 Å². The Morgan fingerprint density at radius 1 is 1.38 bits per heavy atom. The van der Waals surface area contributed by atoms with Gasteiger partial charge in [-0.3, -0.25) is 4.79 Å². The van der Waals surface area contributed by atoms with Crippen molar-refractivity contribution in [1.82, 2.24) is 0 Å². The van der Waals surface area contributed by atoms with E-state index in [2.05, 4.69) is 64.1 Å². The van der Waals surface area contributed by atoms with Gasteiger partial charge in [0, 0.05) is 24.0 Å². The van der Waals surface area contributed by atoms with Gasteiger partial charge in [-0.05, 0) is 76.2 Å². The highest BCUT2D eigenvalue weighted by Crippen LogP contribution is 2.51. The predicted octanol–water partition coefficient (Wildman–Crippen LogP) is 7.08. The van der Waals surface area contributed by atoms with Gasteiger partial charge in [0.2, 0.25) is 0 Å². The first kappa shape index (κ1) is 26.4. The first-order chi connectivity index (χ1) is 15.2. The van der Waals surface area contributed by atoms with Gasteiger partial charge in [-0.15, -0.1) is 0 Å². The molecule has 1 heterocycles. The van der Waals surface area contributed by atoms with Gasteiger partial charge in [-0.25, -0.2) is 4.57 Å². The summed E-state index contributed by atoms with van der Waals surface area (Å²) in [5, 5.41) is 9.13. The van der Waals surface area contributed by atoms with Crippen molar-refractivity contribution in [2.45, 2.75) is 105 Å². The quantitative estimate of drug-likeness (QED) is 0.202. The number of nitrogens with zero attached hydrogens (tertiary/aromatic N) is 1. The van der Waals surface area contributed by atoms with Crippen LogP contribution in [0.25, 0.3) is 0 Å². The van der Waals surface area contributed by atoms with E-state index in [1.807, 2.05) is 6.07 Å². The summed E-state index contributed by atoms with van der Waals surface area (Å²) in [6.45, 7) is 16.7. The molecule has 1 aliphatic rings. The van der Waals surface area contributed by atoms with Crippen LogP contribution in [-0.2, 0) is 24.2 Å². The van der Waals surface area contributed by atoms with Crippen LogP contribution in [0.3, 0.4) is 0 Å². The molecule has 178 valence electrons. The molecule has 1 fully saturated rings. The molecular weight excluding hydrogens is 394 g/mol. The molecule has 0 amide bonds. The summed E-state index contributed by atoms with van der Waals surface area (Å²) in [4.78, 5) is 11.1. The molecule has 3 heteroatoms. The standard InChI is InChI=1S/C29H45NO2/c1-7-23(4)20-30-21-26(19-28(31)32)14-15-27(30)13-9-8-11-24(5)16-18-29(22(2)3)17-10-12-25(29)6/h11,14-15,21,23,25H,2,7-10,12-13,16-20H2,1,3-6H3/p+1/b24-11+/t23-,25+,29-/m0/s1. The van der Waals surface area contributed by atoms with Gasteiger partial charge >= 0.3 is 5.97 Å². The number of aliphatic carboxylic acids is 1. The Morgan fingerprint density at radius 3 is 2.72 bits per heavy atom.